The fraction of sp³-hybridized carbons (Fsp3) is 0.300. The van der Waals surface area contributed by atoms with Crippen LogP contribution in [0.2, 0.25) is 5.02 Å². The lowest BCUT2D eigenvalue weighted by Gasteiger charge is -2.14. The van der Waals surface area contributed by atoms with Crippen LogP contribution in [-0.2, 0) is 6.54 Å². The van der Waals surface area contributed by atoms with Crippen LogP contribution in [0, 0.1) is 0 Å². The Kier molecular flexibility index (Phi) is 5.62. The number of benzene rings is 2. The van der Waals surface area contributed by atoms with Crippen LogP contribution in [0.15, 0.2) is 42.5 Å². The molecule has 0 radical (unpaired) electrons. The third kappa shape index (κ3) is 4.48. The highest BCUT2D eigenvalue weighted by Gasteiger charge is 2.20. The van der Waals surface area contributed by atoms with E-state index in [4.69, 9.17) is 11.6 Å². The van der Waals surface area contributed by atoms with E-state index in [2.05, 4.69) is 20.9 Å². The first-order valence-corrected chi connectivity index (χ1v) is 9.91. The van der Waals surface area contributed by atoms with E-state index in [0.29, 0.717) is 34.9 Å². The molecule has 1 aliphatic heterocycles. The summed E-state index contributed by atoms with van der Waals surface area (Å²) in [7, 11) is 0. The molecule has 3 amide bonds. The number of nitrogens with one attached hydrogen (secondary N) is 2. The Labute approximate surface area is 172 Å². The highest BCUT2D eigenvalue weighted by atomic mass is 35.5. The van der Waals surface area contributed by atoms with Crippen LogP contribution in [0.1, 0.15) is 23.2 Å². The maximum atomic E-state index is 12.5. The molecular weight excluding hydrogens is 392 g/mol. The molecule has 1 aliphatic rings. The van der Waals surface area contributed by atoms with Crippen LogP contribution in [0.4, 0.5) is 10.5 Å². The molecule has 2 heterocycles. The molecule has 0 saturated carbocycles. The lowest BCUT2D eigenvalue weighted by molar-refractivity contribution is 0.0793. The van der Waals surface area contributed by atoms with Gasteiger partial charge in [-0.05, 0) is 49.2 Å². The van der Waals surface area contributed by atoms with Gasteiger partial charge < -0.3 is 15.5 Å². The van der Waals surface area contributed by atoms with Crippen LogP contribution in [0.5, 0.6) is 0 Å². The molecule has 29 heavy (non-hydrogen) atoms. The van der Waals surface area contributed by atoms with Crippen LogP contribution < -0.4 is 10.6 Å². The van der Waals surface area contributed by atoms with Crippen molar-refractivity contribution in [2.24, 2.45) is 0 Å². The summed E-state index contributed by atoms with van der Waals surface area (Å²) in [6.45, 7) is 2.46. The number of carbonyl (C=O) groups excluding carboxylic acids is 2. The van der Waals surface area contributed by atoms with Crippen LogP contribution >= 0.6 is 11.6 Å². The van der Waals surface area contributed by atoms with E-state index in [1.807, 2.05) is 17.0 Å². The Morgan fingerprint density at radius 3 is 2.72 bits per heavy atom. The first-order chi connectivity index (χ1) is 14.1. The van der Waals surface area contributed by atoms with Gasteiger partial charge in [0.1, 0.15) is 5.52 Å². The molecule has 3 aromatic rings. The van der Waals surface area contributed by atoms with E-state index in [9.17, 15) is 9.59 Å². The lowest BCUT2D eigenvalue weighted by Crippen LogP contribution is -2.31. The molecule has 0 atom stereocenters. The van der Waals surface area contributed by atoms with Gasteiger partial charge in [-0.1, -0.05) is 22.9 Å². The van der Waals surface area contributed by atoms with Gasteiger partial charge in [0.2, 0.25) is 0 Å². The number of rotatable bonds is 5. The molecule has 1 aromatic heterocycles. The largest absolute Gasteiger partial charge is 0.339 e. The van der Waals surface area contributed by atoms with Gasteiger partial charge in [0, 0.05) is 35.9 Å². The smallest absolute Gasteiger partial charge is 0.319 e. The maximum Gasteiger partial charge on any atom is 0.319 e. The van der Waals surface area contributed by atoms with Gasteiger partial charge >= 0.3 is 6.03 Å². The average molecular weight is 413 g/mol. The third-order valence-corrected chi connectivity index (χ3v) is 5.08. The number of likely N-dealkylation sites (tertiary alicyclic amines) is 1. The highest BCUT2D eigenvalue weighted by molar-refractivity contribution is 6.30. The zero-order chi connectivity index (χ0) is 20.2. The van der Waals surface area contributed by atoms with E-state index in [-0.39, 0.29) is 11.9 Å². The highest BCUT2D eigenvalue weighted by Crippen LogP contribution is 2.18. The fourth-order valence-electron chi connectivity index (χ4n) is 3.39. The van der Waals surface area contributed by atoms with Crippen molar-refractivity contribution in [3.8, 4) is 0 Å². The second-order valence-electron chi connectivity index (χ2n) is 6.91. The average Bonchev–Trinajstić information content (AvgIpc) is 3.37. The van der Waals surface area contributed by atoms with Crippen molar-refractivity contribution < 1.29 is 9.59 Å². The number of fused-ring (bicyclic) bond motifs is 1. The molecule has 1 fully saturated rings. The fourth-order valence-corrected chi connectivity index (χ4v) is 3.58. The lowest BCUT2D eigenvalue weighted by atomic mass is 10.1. The van der Waals surface area contributed by atoms with E-state index < -0.39 is 0 Å². The minimum atomic E-state index is -0.324. The van der Waals surface area contributed by atoms with Gasteiger partial charge in [-0.15, -0.1) is 5.10 Å². The molecule has 0 spiro atoms. The summed E-state index contributed by atoms with van der Waals surface area (Å²) < 4.78 is 1.71. The predicted octanol–water partition coefficient (Wildman–Crippen LogP) is 3.14. The van der Waals surface area contributed by atoms with Gasteiger partial charge in [-0.3, -0.25) is 4.79 Å². The van der Waals surface area contributed by atoms with Gasteiger partial charge in [-0.2, -0.15) is 0 Å². The number of hydrogen-bond donors (Lipinski definition) is 2. The second kappa shape index (κ2) is 8.48. The van der Waals surface area contributed by atoms with E-state index in [1.165, 1.54) is 0 Å². The van der Waals surface area contributed by atoms with Gasteiger partial charge in [0.25, 0.3) is 5.91 Å². The minimum Gasteiger partial charge on any atom is -0.339 e. The van der Waals surface area contributed by atoms with E-state index >= 15 is 0 Å². The number of nitrogens with zero attached hydrogens (tertiary/aromatic N) is 4. The Bertz CT molecular complexity index is 1040. The van der Waals surface area contributed by atoms with Crippen molar-refractivity contribution in [2.45, 2.75) is 19.4 Å². The van der Waals surface area contributed by atoms with E-state index in [0.717, 1.165) is 31.4 Å². The number of amides is 3. The third-order valence-electron chi connectivity index (χ3n) is 4.85. The number of halogens is 1. The van der Waals surface area contributed by atoms with Crippen LogP contribution in [0.25, 0.3) is 11.0 Å². The first kappa shape index (κ1) is 19.2. The Morgan fingerprint density at radius 1 is 1.10 bits per heavy atom. The summed E-state index contributed by atoms with van der Waals surface area (Å²) in [4.78, 5) is 26.4. The molecule has 0 unspecified atom stereocenters. The molecule has 150 valence electrons. The van der Waals surface area contributed by atoms with Crippen LogP contribution in [-0.4, -0.2) is 51.5 Å². The minimum absolute atomic E-state index is 0.0401. The van der Waals surface area contributed by atoms with Crippen LogP contribution in [0.3, 0.4) is 0 Å². The van der Waals surface area contributed by atoms with Crippen molar-refractivity contribution in [3.05, 3.63) is 53.1 Å². The van der Waals surface area contributed by atoms with E-state index in [1.54, 1.807) is 35.0 Å². The molecule has 9 heteroatoms. The molecule has 0 aliphatic carbocycles. The summed E-state index contributed by atoms with van der Waals surface area (Å²) >= 11 is 5.91. The van der Waals surface area contributed by atoms with Crippen molar-refractivity contribution in [1.29, 1.82) is 0 Å². The number of anilines is 1. The Balaban J connectivity index is 1.35. The molecule has 2 aromatic carbocycles. The Hall–Kier alpha value is -3.13. The predicted molar refractivity (Wildman–Crippen MR) is 111 cm³/mol. The SMILES string of the molecule is O=C(NCCn1nnc2cc(C(=O)N3CCCC3)ccc21)Nc1cccc(Cl)c1. The second-order valence-corrected chi connectivity index (χ2v) is 7.34. The topological polar surface area (TPSA) is 92.1 Å². The number of carbonyl (C=O) groups is 2. The monoisotopic (exact) mass is 412 g/mol. The Morgan fingerprint density at radius 2 is 1.93 bits per heavy atom. The summed E-state index contributed by atoms with van der Waals surface area (Å²) in [6.07, 6.45) is 2.12. The standard InChI is InChI=1S/C20H21ClN6O2/c21-15-4-3-5-16(13-15)23-20(29)22-8-11-27-18-7-6-14(12-17(18)24-25-27)19(28)26-9-1-2-10-26/h3-7,12-13H,1-2,8-11H2,(H2,22,23,29). The molecule has 2 N–H and O–H groups in total. The first-order valence-electron chi connectivity index (χ1n) is 9.53. The zero-order valence-electron chi connectivity index (χ0n) is 15.8. The summed E-state index contributed by atoms with van der Waals surface area (Å²) in [5.74, 6) is 0.0401. The number of aromatic nitrogens is 3. The molecule has 8 nitrogen and oxygen atoms in total. The quantitative estimate of drug-likeness (QED) is 0.673. The van der Waals surface area contributed by atoms with Crippen molar-refractivity contribution >= 4 is 40.3 Å². The number of urea groups is 1. The zero-order valence-corrected chi connectivity index (χ0v) is 16.5. The van der Waals surface area contributed by atoms with Gasteiger partial charge in [0.05, 0.1) is 12.1 Å². The molecule has 0 bridgehead atoms. The normalized spacial score (nSPS) is 13.6. The summed E-state index contributed by atoms with van der Waals surface area (Å²) in [6, 6.07) is 12.1. The van der Waals surface area contributed by atoms with Gasteiger partial charge in [-0.25, -0.2) is 9.48 Å². The van der Waals surface area contributed by atoms with Crippen molar-refractivity contribution in [3.63, 3.8) is 0 Å². The molecular formula is C20H21ClN6O2. The summed E-state index contributed by atoms with van der Waals surface area (Å²) in [5, 5.41) is 14.4. The van der Waals surface area contributed by atoms with Crippen molar-refractivity contribution in [2.75, 3.05) is 25.0 Å². The number of hydrogen-bond acceptors (Lipinski definition) is 4. The summed E-state index contributed by atoms with van der Waals surface area (Å²) in [5.41, 5.74) is 2.74. The maximum absolute atomic E-state index is 12.5. The van der Waals surface area contributed by atoms with Crippen molar-refractivity contribution in [1.82, 2.24) is 25.2 Å². The molecule has 4 rings (SSSR count). The van der Waals surface area contributed by atoms with Gasteiger partial charge in [0.15, 0.2) is 0 Å². The molecule has 1 saturated heterocycles.